The average Bonchev–Trinajstić information content (AvgIpc) is 2.71. The van der Waals surface area contributed by atoms with E-state index in [0.717, 1.165) is 47.3 Å². The Morgan fingerprint density at radius 2 is 1.38 bits per heavy atom. The fraction of sp³-hybridized carbons (Fsp3) is 1.00. The third-order valence-corrected chi connectivity index (χ3v) is 7.81. The van der Waals surface area contributed by atoms with Gasteiger partial charge in [0.25, 0.3) is 0 Å². The van der Waals surface area contributed by atoms with E-state index in [1.54, 1.807) is 12.8 Å². The molecule has 21 heavy (non-hydrogen) atoms. The van der Waals surface area contributed by atoms with E-state index in [9.17, 15) is 0 Å². The smallest absolute Gasteiger partial charge is 0.0321 e. The summed E-state index contributed by atoms with van der Waals surface area (Å²) in [6.07, 6.45) is 9.14. The molecule has 7 atom stereocenters. The second kappa shape index (κ2) is 5.57. The van der Waals surface area contributed by atoms with Gasteiger partial charge in [0.05, 0.1) is 0 Å². The lowest BCUT2D eigenvalue weighted by molar-refractivity contribution is 0.0464. The van der Waals surface area contributed by atoms with Crippen LogP contribution in [0, 0.1) is 52.8 Å². The van der Waals surface area contributed by atoms with Gasteiger partial charge < -0.3 is 0 Å². The Morgan fingerprint density at radius 3 is 1.95 bits per heavy atom. The monoisotopic (exact) mass is 290 g/mol. The number of fused-ring (bicyclic) bond motifs is 3. The molecule has 7 unspecified atom stereocenters. The van der Waals surface area contributed by atoms with E-state index in [4.69, 9.17) is 0 Å². The minimum absolute atomic E-state index is 0.512. The predicted octanol–water partition coefficient (Wildman–Crippen LogP) is 6.40. The normalized spacial score (nSPS) is 47.3. The highest BCUT2D eigenvalue weighted by Crippen LogP contribution is 2.63. The molecule has 3 aliphatic carbocycles. The molecule has 0 N–H and O–H groups in total. The van der Waals surface area contributed by atoms with Gasteiger partial charge in [0.15, 0.2) is 0 Å². The summed E-state index contributed by atoms with van der Waals surface area (Å²) in [6.45, 7) is 15.1. The largest absolute Gasteiger partial charge is 0.0625 e. The lowest BCUT2D eigenvalue weighted by Crippen LogP contribution is -2.37. The van der Waals surface area contributed by atoms with Crippen molar-refractivity contribution in [3.63, 3.8) is 0 Å². The van der Waals surface area contributed by atoms with Crippen LogP contribution in [0.15, 0.2) is 0 Å². The summed E-state index contributed by atoms with van der Waals surface area (Å²) < 4.78 is 0. The Balaban J connectivity index is 1.91. The first-order valence-corrected chi connectivity index (χ1v) is 9.82. The quantitative estimate of drug-likeness (QED) is 0.524. The van der Waals surface area contributed by atoms with E-state index in [1.165, 1.54) is 25.7 Å². The van der Waals surface area contributed by atoms with Crippen molar-refractivity contribution < 1.29 is 0 Å². The summed E-state index contributed by atoms with van der Waals surface area (Å²) in [5.74, 6) is 8.12. The lowest BCUT2D eigenvalue weighted by Gasteiger charge is -2.44. The average molecular weight is 291 g/mol. The lowest BCUT2D eigenvalue weighted by atomic mass is 9.61. The molecule has 0 aromatic rings. The van der Waals surface area contributed by atoms with E-state index >= 15 is 0 Å². The molecule has 0 heterocycles. The Kier molecular flexibility index (Phi) is 4.21. The second-order valence-corrected chi connectivity index (χ2v) is 10.1. The summed E-state index contributed by atoms with van der Waals surface area (Å²) in [7, 11) is 0. The molecule has 0 bridgehead atoms. The molecule has 3 rings (SSSR count). The van der Waals surface area contributed by atoms with E-state index < -0.39 is 0 Å². The zero-order chi connectivity index (χ0) is 15.4. The Bertz CT molecular complexity index is 361. The van der Waals surface area contributed by atoms with Crippen LogP contribution in [0.4, 0.5) is 0 Å². The van der Waals surface area contributed by atoms with Crippen LogP contribution in [0.2, 0.25) is 0 Å². The van der Waals surface area contributed by atoms with Gasteiger partial charge in [-0.25, -0.2) is 0 Å². The topological polar surface area (TPSA) is 0 Å². The van der Waals surface area contributed by atoms with Crippen molar-refractivity contribution in [3.8, 4) is 0 Å². The van der Waals surface area contributed by atoms with Gasteiger partial charge in [-0.2, -0.15) is 0 Å². The van der Waals surface area contributed by atoms with E-state index in [0.29, 0.717) is 5.41 Å². The standard InChI is InChI=1S/C21H38/c1-13(2)15-9-7-10-16-17-11-8-12-18(21(4,5)6)20(17)14(3)19(15)16/h13-20H,7-12H2,1-6H3. The zero-order valence-corrected chi connectivity index (χ0v) is 15.4. The van der Waals surface area contributed by atoms with Gasteiger partial charge in [0.1, 0.15) is 0 Å². The molecule has 3 saturated carbocycles. The third-order valence-electron chi connectivity index (χ3n) is 7.81. The summed E-state index contributed by atoms with van der Waals surface area (Å²) >= 11 is 0. The first kappa shape index (κ1) is 15.9. The van der Waals surface area contributed by atoms with Crippen molar-refractivity contribution in [2.75, 3.05) is 0 Å². The summed E-state index contributed by atoms with van der Waals surface area (Å²) in [4.78, 5) is 0. The van der Waals surface area contributed by atoms with Crippen LogP contribution in [-0.4, -0.2) is 0 Å². The Morgan fingerprint density at radius 1 is 0.810 bits per heavy atom. The molecule has 0 aromatic carbocycles. The maximum Gasteiger partial charge on any atom is -0.0321 e. The predicted molar refractivity (Wildman–Crippen MR) is 92.1 cm³/mol. The fourth-order valence-corrected chi connectivity index (χ4v) is 7.13. The van der Waals surface area contributed by atoms with Crippen molar-refractivity contribution >= 4 is 0 Å². The minimum atomic E-state index is 0.512. The van der Waals surface area contributed by atoms with E-state index in [1.807, 2.05) is 0 Å². The van der Waals surface area contributed by atoms with Gasteiger partial charge in [-0.1, -0.05) is 54.4 Å². The molecule has 0 aromatic heterocycles. The van der Waals surface area contributed by atoms with Crippen molar-refractivity contribution in [3.05, 3.63) is 0 Å². The van der Waals surface area contributed by atoms with Crippen molar-refractivity contribution in [1.29, 1.82) is 0 Å². The number of hydrogen-bond acceptors (Lipinski definition) is 0. The molecule has 0 radical (unpaired) electrons. The van der Waals surface area contributed by atoms with Crippen molar-refractivity contribution in [2.24, 2.45) is 52.8 Å². The summed E-state index contributed by atoms with van der Waals surface area (Å²) in [6, 6.07) is 0. The van der Waals surface area contributed by atoms with Crippen LogP contribution in [0.3, 0.4) is 0 Å². The molecule has 0 spiro atoms. The fourth-order valence-electron chi connectivity index (χ4n) is 7.13. The van der Waals surface area contributed by atoms with Gasteiger partial charge in [-0.05, 0) is 78.4 Å². The van der Waals surface area contributed by atoms with Crippen LogP contribution >= 0.6 is 0 Å². The molecule has 0 saturated heterocycles. The molecular formula is C21H38. The highest BCUT2D eigenvalue weighted by Gasteiger charge is 2.56. The number of rotatable bonds is 1. The third kappa shape index (κ3) is 2.59. The van der Waals surface area contributed by atoms with Gasteiger partial charge in [-0.3, -0.25) is 0 Å². The SMILES string of the molecule is CC(C)C1CCCC2C3CCCC(C(C)(C)C)C3C(C)C12. The van der Waals surface area contributed by atoms with Crippen LogP contribution < -0.4 is 0 Å². The molecule has 3 fully saturated rings. The molecule has 0 amide bonds. The Labute approximate surface area is 133 Å². The molecule has 122 valence electrons. The van der Waals surface area contributed by atoms with Crippen molar-refractivity contribution in [1.82, 2.24) is 0 Å². The van der Waals surface area contributed by atoms with Crippen LogP contribution in [0.25, 0.3) is 0 Å². The number of hydrogen-bond donors (Lipinski definition) is 0. The van der Waals surface area contributed by atoms with Gasteiger partial charge in [0, 0.05) is 0 Å². The summed E-state index contributed by atoms with van der Waals surface area (Å²) in [5, 5.41) is 0. The molecule has 0 nitrogen and oxygen atoms in total. The van der Waals surface area contributed by atoms with E-state index in [-0.39, 0.29) is 0 Å². The van der Waals surface area contributed by atoms with Gasteiger partial charge in [0.2, 0.25) is 0 Å². The first-order valence-electron chi connectivity index (χ1n) is 9.82. The minimum Gasteiger partial charge on any atom is -0.0625 e. The Hall–Kier alpha value is 0. The summed E-state index contributed by atoms with van der Waals surface area (Å²) in [5.41, 5.74) is 0.512. The van der Waals surface area contributed by atoms with Crippen molar-refractivity contribution in [2.45, 2.75) is 80.1 Å². The molecular weight excluding hydrogens is 252 g/mol. The first-order chi connectivity index (χ1) is 9.82. The highest BCUT2D eigenvalue weighted by atomic mass is 14.6. The zero-order valence-electron chi connectivity index (χ0n) is 15.4. The van der Waals surface area contributed by atoms with Gasteiger partial charge in [-0.15, -0.1) is 0 Å². The highest BCUT2D eigenvalue weighted by molar-refractivity contribution is 5.05. The van der Waals surface area contributed by atoms with E-state index in [2.05, 4.69) is 41.5 Å². The molecule has 0 heteroatoms. The maximum atomic E-state index is 2.65. The van der Waals surface area contributed by atoms with Crippen LogP contribution in [0.1, 0.15) is 80.1 Å². The van der Waals surface area contributed by atoms with Gasteiger partial charge >= 0.3 is 0 Å². The van der Waals surface area contributed by atoms with Crippen LogP contribution in [-0.2, 0) is 0 Å². The maximum absolute atomic E-state index is 2.65. The van der Waals surface area contributed by atoms with Crippen LogP contribution in [0.5, 0.6) is 0 Å². The molecule has 3 aliphatic rings. The second-order valence-electron chi connectivity index (χ2n) is 10.1. The molecule has 0 aliphatic heterocycles.